The normalized spacial score (nSPS) is 12.5. The Morgan fingerprint density at radius 2 is 1.72 bits per heavy atom. The number of para-hydroxylation sites is 1. The standard InChI is InChI=1S/C21H20ClF3N4/c1-3-13(2)14-8-10-15(11-9-14)27-20-26-12-16(21(23,24)25)19(29-20)28-18-7-5-4-6-17(18)22/h4-13H,3H2,1-2H3,(H2,26,27,28,29). The van der Waals surface area contributed by atoms with Crippen LogP contribution in [-0.2, 0) is 6.18 Å². The maximum absolute atomic E-state index is 13.4. The summed E-state index contributed by atoms with van der Waals surface area (Å²) >= 11 is 6.06. The van der Waals surface area contributed by atoms with Gasteiger partial charge in [0.05, 0.1) is 10.7 Å². The lowest BCUT2D eigenvalue weighted by Crippen LogP contribution is -2.12. The molecular weight excluding hydrogens is 401 g/mol. The van der Waals surface area contributed by atoms with E-state index in [9.17, 15) is 13.2 Å². The minimum atomic E-state index is -4.61. The van der Waals surface area contributed by atoms with Gasteiger partial charge in [-0.3, -0.25) is 0 Å². The smallest absolute Gasteiger partial charge is 0.338 e. The monoisotopic (exact) mass is 420 g/mol. The van der Waals surface area contributed by atoms with Crippen LogP contribution in [0.3, 0.4) is 0 Å². The first-order valence-electron chi connectivity index (χ1n) is 9.10. The highest BCUT2D eigenvalue weighted by molar-refractivity contribution is 6.33. The van der Waals surface area contributed by atoms with Crippen molar-refractivity contribution in [2.75, 3.05) is 10.6 Å². The fourth-order valence-electron chi connectivity index (χ4n) is 2.69. The minimum absolute atomic E-state index is 0.0452. The maximum atomic E-state index is 13.4. The van der Waals surface area contributed by atoms with Crippen molar-refractivity contribution in [2.45, 2.75) is 32.4 Å². The Morgan fingerprint density at radius 3 is 2.34 bits per heavy atom. The highest BCUT2D eigenvalue weighted by Gasteiger charge is 2.35. The van der Waals surface area contributed by atoms with Gasteiger partial charge in [0.25, 0.3) is 0 Å². The summed E-state index contributed by atoms with van der Waals surface area (Å²) < 4.78 is 40.2. The van der Waals surface area contributed by atoms with E-state index in [1.807, 2.05) is 24.3 Å². The molecule has 1 unspecified atom stereocenters. The van der Waals surface area contributed by atoms with Gasteiger partial charge < -0.3 is 10.6 Å². The molecule has 0 aliphatic carbocycles. The Morgan fingerprint density at radius 1 is 1.03 bits per heavy atom. The van der Waals surface area contributed by atoms with Crippen molar-refractivity contribution < 1.29 is 13.2 Å². The fourth-order valence-corrected chi connectivity index (χ4v) is 2.88. The number of hydrogen-bond acceptors (Lipinski definition) is 4. The van der Waals surface area contributed by atoms with Crippen LogP contribution in [0.15, 0.2) is 54.7 Å². The molecule has 2 aromatic carbocycles. The van der Waals surface area contributed by atoms with Crippen LogP contribution in [0.1, 0.15) is 37.3 Å². The number of anilines is 4. The van der Waals surface area contributed by atoms with E-state index >= 15 is 0 Å². The molecule has 3 rings (SSSR count). The zero-order valence-corrected chi connectivity index (χ0v) is 16.6. The number of halogens is 4. The number of nitrogens with zero attached hydrogens (tertiary/aromatic N) is 2. The van der Waals surface area contributed by atoms with Crippen LogP contribution in [-0.4, -0.2) is 9.97 Å². The van der Waals surface area contributed by atoms with Gasteiger partial charge in [-0.15, -0.1) is 0 Å². The molecule has 0 spiro atoms. The molecule has 4 nitrogen and oxygen atoms in total. The molecular formula is C21H20ClF3N4. The van der Waals surface area contributed by atoms with Gasteiger partial charge in [-0.05, 0) is 42.2 Å². The minimum Gasteiger partial charge on any atom is -0.338 e. The molecule has 0 aliphatic heterocycles. The van der Waals surface area contributed by atoms with E-state index in [1.165, 1.54) is 5.56 Å². The van der Waals surface area contributed by atoms with E-state index in [2.05, 4.69) is 34.4 Å². The Labute approximate surface area is 172 Å². The molecule has 8 heteroatoms. The topological polar surface area (TPSA) is 49.8 Å². The molecule has 152 valence electrons. The lowest BCUT2D eigenvalue weighted by Gasteiger charge is -2.16. The Hall–Kier alpha value is -2.80. The van der Waals surface area contributed by atoms with E-state index in [-0.39, 0.29) is 16.8 Å². The first-order valence-corrected chi connectivity index (χ1v) is 9.48. The molecule has 0 amide bonds. The van der Waals surface area contributed by atoms with E-state index in [0.29, 0.717) is 17.3 Å². The van der Waals surface area contributed by atoms with E-state index in [1.54, 1.807) is 24.3 Å². The van der Waals surface area contributed by atoms with Gasteiger partial charge in [0.2, 0.25) is 5.95 Å². The molecule has 0 bridgehead atoms. The van der Waals surface area contributed by atoms with Crippen LogP contribution in [0.5, 0.6) is 0 Å². The number of alkyl halides is 3. The molecule has 3 aromatic rings. The molecule has 0 saturated heterocycles. The van der Waals surface area contributed by atoms with Gasteiger partial charge in [-0.2, -0.15) is 18.2 Å². The number of benzene rings is 2. The number of hydrogen-bond donors (Lipinski definition) is 2. The van der Waals surface area contributed by atoms with Gasteiger partial charge in [0.1, 0.15) is 11.4 Å². The van der Waals surface area contributed by atoms with Crippen molar-refractivity contribution >= 4 is 34.7 Å². The molecule has 0 saturated carbocycles. The first kappa shape index (κ1) is 20.9. The van der Waals surface area contributed by atoms with Crippen LogP contribution in [0.2, 0.25) is 5.02 Å². The summed E-state index contributed by atoms with van der Waals surface area (Å²) in [5.74, 6) is 0.0981. The van der Waals surface area contributed by atoms with Crippen molar-refractivity contribution in [3.8, 4) is 0 Å². The lowest BCUT2D eigenvalue weighted by molar-refractivity contribution is -0.137. The SMILES string of the molecule is CCC(C)c1ccc(Nc2ncc(C(F)(F)F)c(Nc3ccccc3Cl)n2)cc1. The summed E-state index contributed by atoms with van der Waals surface area (Å²) in [5, 5.41) is 5.89. The molecule has 1 aromatic heterocycles. The van der Waals surface area contributed by atoms with Gasteiger partial charge in [0.15, 0.2) is 0 Å². The summed E-state index contributed by atoms with van der Waals surface area (Å²) in [6, 6.07) is 14.2. The van der Waals surface area contributed by atoms with Crippen molar-refractivity contribution in [1.82, 2.24) is 9.97 Å². The third kappa shape index (κ3) is 5.17. The second-order valence-corrected chi connectivity index (χ2v) is 7.02. The molecule has 2 N–H and O–H groups in total. The summed E-state index contributed by atoms with van der Waals surface area (Å²) in [4.78, 5) is 7.86. The van der Waals surface area contributed by atoms with E-state index in [4.69, 9.17) is 11.6 Å². The van der Waals surface area contributed by atoms with Crippen LogP contribution < -0.4 is 10.6 Å². The fraction of sp³-hybridized carbons (Fsp3) is 0.238. The molecule has 29 heavy (non-hydrogen) atoms. The molecule has 0 fully saturated rings. The quantitative estimate of drug-likeness (QED) is 0.444. The zero-order chi connectivity index (χ0) is 21.0. The second kappa shape index (κ2) is 8.69. The van der Waals surface area contributed by atoms with Crippen LogP contribution in [0, 0.1) is 0 Å². The highest BCUT2D eigenvalue weighted by Crippen LogP contribution is 2.36. The van der Waals surface area contributed by atoms with Crippen molar-refractivity contribution in [1.29, 1.82) is 0 Å². The Bertz CT molecular complexity index is 974. The summed E-state index contributed by atoms with van der Waals surface area (Å²) in [5.41, 5.74) is 1.21. The van der Waals surface area contributed by atoms with Crippen LogP contribution in [0.4, 0.5) is 36.3 Å². The third-order valence-electron chi connectivity index (χ3n) is 4.57. The largest absolute Gasteiger partial charge is 0.421 e. The van der Waals surface area contributed by atoms with Crippen molar-refractivity contribution in [2.24, 2.45) is 0 Å². The molecule has 1 heterocycles. The number of aromatic nitrogens is 2. The van der Waals surface area contributed by atoms with E-state index in [0.717, 1.165) is 12.6 Å². The second-order valence-electron chi connectivity index (χ2n) is 6.61. The van der Waals surface area contributed by atoms with E-state index < -0.39 is 11.7 Å². The number of rotatable bonds is 6. The summed E-state index contributed by atoms with van der Waals surface area (Å²) in [6.07, 6.45) is -2.84. The van der Waals surface area contributed by atoms with Crippen molar-refractivity contribution in [3.05, 3.63) is 70.9 Å². The average molecular weight is 421 g/mol. The van der Waals surface area contributed by atoms with Crippen LogP contribution in [0.25, 0.3) is 0 Å². The van der Waals surface area contributed by atoms with Gasteiger partial charge in [-0.1, -0.05) is 49.7 Å². The first-order chi connectivity index (χ1) is 13.8. The van der Waals surface area contributed by atoms with Crippen molar-refractivity contribution in [3.63, 3.8) is 0 Å². The maximum Gasteiger partial charge on any atom is 0.421 e. The third-order valence-corrected chi connectivity index (χ3v) is 4.90. The van der Waals surface area contributed by atoms with Gasteiger partial charge in [-0.25, -0.2) is 4.98 Å². The molecule has 0 aliphatic rings. The molecule has 1 atom stereocenters. The molecule has 0 radical (unpaired) electrons. The number of nitrogens with one attached hydrogen (secondary N) is 2. The highest BCUT2D eigenvalue weighted by atomic mass is 35.5. The van der Waals surface area contributed by atoms with Gasteiger partial charge >= 0.3 is 6.18 Å². The Balaban J connectivity index is 1.89. The average Bonchev–Trinajstić information content (AvgIpc) is 2.69. The predicted molar refractivity (Wildman–Crippen MR) is 110 cm³/mol. The van der Waals surface area contributed by atoms with Crippen LogP contribution >= 0.6 is 11.6 Å². The van der Waals surface area contributed by atoms with Gasteiger partial charge in [0, 0.05) is 11.9 Å². The zero-order valence-electron chi connectivity index (χ0n) is 15.9. The predicted octanol–water partition coefficient (Wildman–Crippen LogP) is 7.15. The lowest BCUT2D eigenvalue weighted by atomic mass is 9.99. The summed E-state index contributed by atoms with van der Waals surface area (Å²) in [7, 11) is 0. The summed E-state index contributed by atoms with van der Waals surface area (Å²) in [6.45, 7) is 4.24. The Kier molecular flexibility index (Phi) is 6.27.